The molecule has 1 aromatic carbocycles. The fourth-order valence-corrected chi connectivity index (χ4v) is 4.41. The van der Waals surface area contributed by atoms with Crippen molar-refractivity contribution >= 4 is 27.4 Å². The molecule has 3 N–H and O–H groups in total. The molecule has 1 amide bonds. The predicted octanol–water partition coefficient (Wildman–Crippen LogP) is 1.89. The van der Waals surface area contributed by atoms with Gasteiger partial charge in [0.2, 0.25) is 0 Å². The molecular formula is C18H24FN3O4S. The standard InChI is InChI=1S/C18H24FN3O4S/c1-18(2,3)7-6-12-8-11(9-20-12)13-4-5-14(23)17(16(13)19)22-10-15(24)21-27(22,25)26/h4-5,8,12,20,23H,6-7,9-10H2,1-3H3,(H,21,24)/t12-/m1/s1. The van der Waals surface area contributed by atoms with Gasteiger partial charge in [0.15, 0.2) is 5.82 Å². The number of phenols is 1. The van der Waals surface area contributed by atoms with Crippen molar-refractivity contribution in [2.45, 2.75) is 39.7 Å². The SMILES string of the molecule is CC(C)(C)CC[C@@H]1C=C(c2ccc(O)c(N3CC(=O)NS3(=O)=O)c2F)CN1. The number of anilines is 1. The molecule has 0 radical (unpaired) electrons. The monoisotopic (exact) mass is 397 g/mol. The highest BCUT2D eigenvalue weighted by atomic mass is 32.2. The Morgan fingerprint density at radius 1 is 1.33 bits per heavy atom. The fourth-order valence-electron chi connectivity index (χ4n) is 3.25. The van der Waals surface area contributed by atoms with E-state index < -0.39 is 39.9 Å². The van der Waals surface area contributed by atoms with Crippen LogP contribution in [-0.4, -0.2) is 38.6 Å². The van der Waals surface area contributed by atoms with Crippen LogP contribution in [0.15, 0.2) is 18.2 Å². The Kier molecular flexibility index (Phi) is 4.94. The summed E-state index contributed by atoms with van der Waals surface area (Å²) in [5, 5.41) is 13.4. The molecule has 1 atom stereocenters. The third-order valence-electron chi connectivity index (χ3n) is 4.67. The molecule has 0 saturated carbocycles. The molecule has 0 aromatic heterocycles. The van der Waals surface area contributed by atoms with Crippen molar-refractivity contribution in [3.63, 3.8) is 0 Å². The number of rotatable bonds is 4. The molecule has 2 aliphatic heterocycles. The van der Waals surface area contributed by atoms with Gasteiger partial charge in [-0.05, 0) is 36.0 Å². The minimum Gasteiger partial charge on any atom is -0.506 e. The van der Waals surface area contributed by atoms with E-state index in [2.05, 4.69) is 26.1 Å². The second-order valence-electron chi connectivity index (χ2n) is 8.11. The van der Waals surface area contributed by atoms with Crippen LogP contribution in [0.4, 0.5) is 10.1 Å². The number of hydrogen-bond donors (Lipinski definition) is 3. The minimum absolute atomic E-state index is 0.106. The number of benzene rings is 1. The van der Waals surface area contributed by atoms with Crippen molar-refractivity contribution in [3.8, 4) is 5.75 Å². The van der Waals surface area contributed by atoms with Crippen LogP contribution in [0.1, 0.15) is 39.2 Å². The van der Waals surface area contributed by atoms with Crippen molar-refractivity contribution in [2.24, 2.45) is 5.41 Å². The molecule has 1 aromatic rings. The third-order valence-corrected chi connectivity index (χ3v) is 6.05. The van der Waals surface area contributed by atoms with E-state index in [9.17, 15) is 18.3 Å². The average molecular weight is 397 g/mol. The van der Waals surface area contributed by atoms with E-state index in [-0.39, 0.29) is 17.0 Å². The largest absolute Gasteiger partial charge is 0.506 e. The quantitative estimate of drug-likeness (QED) is 0.721. The number of hydrogen-bond acceptors (Lipinski definition) is 5. The van der Waals surface area contributed by atoms with Gasteiger partial charge in [-0.1, -0.05) is 26.8 Å². The summed E-state index contributed by atoms with van der Waals surface area (Å²) >= 11 is 0. The van der Waals surface area contributed by atoms with Crippen LogP contribution in [0, 0.1) is 11.2 Å². The van der Waals surface area contributed by atoms with E-state index in [1.165, 1.54) is 12.1 Å². The smallest absolute Gasteiger partial charge is 0.326 e. The van der Waals surface area contributed by atoms with E-state index in [4.69, 9.17) is 0 Å². The summed E-state index contributed by atoms with van der Waals surface area (Å²) in [7, 11) is -4.21. The van der Waals surface area contributed by atoms with E-state index in [0.717, 1.165) is 12.8 Å². The Morgan fingerprint density at radius 2 is 2.04 bits per heavy atom. The van der Waals surface area contributed by atoms with Crippen LogP contribution in [0.5, 0.6) is 5.75 Å². The first-order valence-electron chi connectivity index (χ1n) is 8.77. The van der Waals surface area contributed by atoms with E-state index in [1.807, 2.05) is 6.08 Å². The lowest BCUT2D eigenvalue weighted by atomic mass is 9.89. The number of carbonyl (C=O) groups is 1. The number of nitrogens with one attached hydrogen (secondary N) is 2. The van der Waals surface area contributed by atoms with Crippen LogP contribution in [-0.2, 0) is 15.0 Å². The van der Waals surface area contributed by atoms with Gasteiger partial charge in [0.25, 0.3) is 5.91 Å². The number of halogens is 1. The molecule has 9 heteroatoms. The molecular weight excluding hydrogens is 373 g/mol. The van der Waals surface area contributed by atoms with E-state index in [0.29, 0.717) is 16.4 Å². The lowest BCUT2D eigenvalue weighted by molar-refractivity contribution is -0.117. The van der Waals surface area contributed by atoms with Crippen molar-refractivity contribution in [2.75, 3.05) is 17.4 Å². The Morgan fingerprint density at radius 3 is 2.63 bits per heavy atom. The number of carbonyl (C=O) groups excluding carboxylic acids is 1. The fraction of sp³-hybridized carbons (Fsp3) is 0.500. The summed E-state index contributed by atoms with van der Waals surface area (Å²) in [6.45, 7) is 6.35. The zero-order valence-corrected chi connectivity index (χ0v) is 16.4. The van der Waals surface area contributed by atoms with E-state index >= 15 is 4.39 Å². The van der Waals surface area contributed by atoms with Gasteiger partial charge in [-0.15, -0.1) is 0 Å². The maximum absolute atomic E-state index is 15.1. The zero-order valence-electron chi connectivity index (χ0n) is 15.5. The topological polar surface area (TPSA) is 98.7 Å². The summed E-state index contributed by atoms with van der Waals surface area (Å²) in [5.74, 6) is -2.17. The van der Waals surface area contributed by atoms with Gasteiger partial charge in [0.05, 0.1) is 0 Å². The van der Waals surface area contributed by atoms with Gasteiger partial charge in [-0.2, -0.15) is 8.42 Å². The van der Waals surface area contributed by atoms with Gasteiger partial charge < -0.3 is 10.4 Å². The summed E-state index contributed by atoms with van der Waals surface area (Å²) in [6.07, 6.45) is 3.84. The van der Waals surface area contributed by atoms with Crippen LogP contribution >= 0.6 is 0 Å². The molecule has 3 rings (SSSR count). The van der Waals surface area contributed by atoms with Gasteiger partial charge in [0.1, 0.15) is 18.0 Å². The van der Waals surface area contributed by atoms with Crippen molar-refractivity contribution in [1.82, 2.24) is 10.0 Å². The van der Waals surface area contributed by atoms with Gasteiger partial charge in [-0.25, -0.2) is 13.4 Å². The Labute approximate surface area is 158 Å². The van der Waals surface area contributed by atoms with Crippen LogP contribution in [0.3, 0.4) is 0 Å². The second kappa shape index (κ2) is 6.79. The summed E-state index contributed by atoms with van der Waals surface area (Å²) in [6, 6.07) is 2.77. The highest BCUT2D eigenvalue weighted by Crippen LogP contribution is 2.38. The predicted molar refractivity (Wildman–Crippen MR) is 101 cm³/mol. The first kappa shape index (κ1) is 19.6. The molecule has 7 nitrogen and oxygen atoms in total. The molecule has 0 unspecified atom stereocenters. The summed E-state index contributed by atoms with van der Waals surface area (Å²) in [5.41, 5.74) is 0.593. The molecule has 2 aliphatic rings. The molecule has 0 bridgehead atoms. The molecule has 2 heterocycles. The number of amides is 1. The lowest BCUT2D eigenvalue weighted by Crippen LogP contribution is -2.30. The van der Waals surface area contributed by atoms with Crippen molar-refractivity contribution < 1.29 is 22.7 Å². The third kappa shape index (κ3) is 4.08. The molecule has 0 spiro atoms. The normalized spacial score (nSPS) is 22.1. The summed E-state index contributed by atoms with van der Waals surface area (Å²) < 4.78 is 41.5. The Bertz CT molecular complexity index is 906. The van der Waals surface area contributed by atoms with Gasteiger partial charge in [-0.3, -0.25) is 4.79 Å². The molecule has 0 aliphatic carbocycles. The Balaban J connectivity index is 1.92. The molecule has 1 saturated heterocycles. The summed E-state index contributed by atoms with van der Waals surface area (Å²) in [4.78, 5) is 11.4. The molecule has 1 fully saturated rings. The average Bonchev–Trinajstić information content (AvgIpc) is 3.09. The van der Waals surface area contributed by atoms with Crippen molar-refractivity contribution in [3.05, 3.63) is 29.6 Å². The van der Waals surface area contributed by atoms with Gasteiger partial charge >= 0.3 is 10.2 Å². The van der Waals surface area contributed by atoms with Crippen LogP contribution in [0.2, 0.25) is 0 Å². The lowest BCUT2D eigenvalue weighted by Gasteiger charge is -2.19. The molecule has 148 valence electrons. The first-order chi connectivity index (χ1) is 12.5. The van der Waals surface area contributed by atoms with Crippen LogP contribution in [0.25, 0.3) is 5.57 Å². The Hall–Kier alpha value is -2.13. The highest BCUT2D eigenvalue weighted by molar-refractivity contribution is 7.92. The van der Waals surface area contributed by atoms with Gasteiger partial charge in [0, 0.05) is 18.2 Å². The maximum Gasteiger partial charge on any atom is 0.326 e. The second-order valence-corrected chi connectivity index (χ2v) is 9.71. The number of nitrogens with zero attached hydrogens (tertiary/aromatic N) is 1. The molecule has 27 heavy (non-hydrogen) atoms. The van der Waals surface area contributed by atoms with Crippen LogP contribution < -0.4 is 14.3 Å². The number of aromatic hydroxyl groups is 1. The van der Waals surface area contributed by atoms with E-state index in [1.54, 1.807) is 4.72 Å². The maximum atomic E-state index is 15.1. The van der Waals surface area contributed by atoms with Crippen molar-refractivity contribution in [1.29, 1.82) is 0 Å². The first-order valence-corrected chi connectivity index (χ1v) is 10.2. The highest BCUT2D eigenvalue weighted by Gasteiger charge is 2.38. The number of phenolic OH excluding ortho intramolecular Hbond substituents is 1. The zero-order chi connectivity index (χ0) is 20.0. The minimum atomic E-state index is -4.21.